The second-order valence-electron chi connectivity index (χ2n) is 6.51. The molecular formula is C20H24FN3O. The maximum atomic E-state index is 13.6. The number of pyridine rings is 1. The Morgan fingerprint density at radius 3 is 2.76 bits per heavy atom. The highest BCUT2D eigenvalue weighted by Crippen LogP contribution is 2.18. The van der Waals surface area contributed by atoms with E-state index in [2.05, 4.69) is 15.6 Å². The number of nitrogens with one attached hydrogen (secondary N) is 2. The molecule has 0 saturated heterocycles. The maximum absolute atomic E-state index is 13.6. The largest absolute Gasteiger partial charge is 0.385 e. The molecule has 1 aliphatic carbocycles. The van der Waals surface area contributed by atoms with Crippen LogP contribution in [0.3, 0.4) is 0 Å². The van der Waals surface area contributed by atoms with Gasteiger partial charge in [0.25, 0.3) is 5.91 Å². The standard InChI is InChI=1S/C20H24FN3O/c21-18-9-5-4-6-15(18)10-12-22-17-11-13-23-19(14-17)20(25)24-16-7-2-1-3-8-16/h4-6,9,11,13-14,16H,1-3,7-8,10,12H2,(H,22,23)(H,24,25). The van der Waals surface area contributed by atoms with Crippen LogP contribution < -0.4 is 10.6 Å². The van der Waals surface area contributed by atoms with Crippen molar-refractivity contribution in [3.63, 3.8) is 0 Å². The zero-order valence-corrected chi connectivity index (χ0v) is 14.3. The predicted octanol–water partition coefficient (Wildman–Crippen LogP) is 3.94. The number of nitrogens with zero attached hydrogens (tertiary/aromatic N) is 1. The molecule has 1 saturated carbocycles. The van der Waals surface area contributed by atoms with Crippen LogP contribution in [-0.4, -0.2) is 23.5 Å². The van der Waals surface area contributed by atoms with E-state index in [-0.39, 0.29) is 17.8 Å². The van der Waals surface area contributed by atoms with Crippen molar-refractivity contribution in [1.29, 1.82) is 0 Å². The first-order chi connectivity index (χ1) is 12.2. The van der Waals surface area contributed by atoms with E-state index in [9.17, 15) is 9.18 Å². The van der Waals surface area contributed by atoms with Gasteiger partial charge in [0.2, 0.25) is 0 Å². The Balaban J connectivity index is 1.53. The minimum atomic E-state index is -0.188. The Labute approximate surface area is 147 Å². The molecular weight excluding hydrogens is 317 g/mol. The third-order valence-corrected chi connectivity index (χ3v) is 4.61. The lowest BCUT2D eigenvalue weighted by atomic mass is 9.95. The van der Waals surface area contributed by atoms with E-state index in [1.807, 2.05) is 12.1 Å². The number of rotatable bonds is 6. The zero-order chi connectivity index (χ0) is 17.5. The third-order valence-electron chi connectivity index (χ3n) is 4.61. The molecule has 25 heavy (non-hydrogen) atoms. The molecule has 1 aromatic carbocycles. The SMILES string of the molecule is O=C(NC1CCCCC1)c1cc(NCCc2ccccc2F)ccn1. The van der Waals surface area contributed by atoms with Gasteiger partial charge in [0.1, 0.15) is 11.5 Å². The highest BCUT2D eigenvalue weighted by Gasteiger charge is 2.17. The van der Waals surface area contributed by atoms with E-state index >= 15 is 0 Å². The number of amides is 1. The molecule has 1 amide bonds. The fourth-order valence-corrected chi connectivity index (χ4v) is 3.21. The van der Waals surface area contributed by atoms with Crippen LogP contribution in [0, 0.1) is 5.82 Å². The van der Waals surface area contributed by atoms with Crippen molar-refractivity contribution in [2.75, 3.05) is 11.9 Å². The summed E-state index contributed by atoms with van der Waals surface area (Å²) in [6, 6.07) is 10.6. The predicted molar refractivity (Wildman–Crippen MR) is 97.2 cm³/mol. The van der Waals surface area contributed by atoms with E-state index in [4.69, 9.17) is 0 Å². The lowest BCUT2D eigenvalue weighted by Crippen LogP contribution is -2.36. The molecule has 2 N–H and O–H groups in total. The average Bonchev–Trinajstić information content (AvgIpc) is 2.64. The smallest absolute Gasteiger partial charge is 0.270 e. The molecule has 0 unspecified atom stereocenters. The average molecular weight is 341 g/mol. The van der Waals surface area contributed by atoms with Gasteiger partial charge in [-0.05, 0) is 43.0 Å². The molecule has 0 atom stereocenters. The topological polar surface area (TPSA) is 54.0 Å². The van der Waals surface area contributed by atoms with Crippen LogP contribution in [0.25, 0.3) is 0 Å². The quantitative estimate of drug-likeness (QED) is 0.837. The molecule has 5 heteroatoms. The van der Waals surface area contributed by atoms with E-state index in [0.717, 1.165) is 18.5 Å². The van der Waals surface area contributed by atoms with E-state index in [1.54, 1.807) is 24.4 Å². The van der Waals surface area contributed by atoms with Crippen LogP contribution in [0.4, 0.5) is 10.1 Å². The molecule has 3 rings (SSSR count). The summed E-state index contributed by atoms with van der Waals surface area (Å²) in [5.74, 6) is -0.309. The Morgan fingerprint density at radius 1 is 1.16 bits per heavy atom. The van der Waals surface area contributed by atoms with Gasteiger partial charge in [-0.15, -0.1) is 0 Å². The van der Waals surface area contributed by atoms with Gasteiger partial charge >= 0.3 is 0 Å². The summed E-state index contributed by atoms with van der Waals surface area (Å²) >= 11 is 0. The van der Waals surface area contributed by atoms with Gasteiger partial charge in [-0.1, -0.05) is 37.5 Å². The van der Waals surface area contributed by atoms with Crippen molar-refractivity contribution in [2.24, 2.45) is 0 Å². The lowest BCUT2D eigenvalue weighted by Gasteiger charge is -2.22. The van der Waals surface area contributed by atoms with Crippen molar-refractivity contribution in [3.05, 3.63) is 59.7 Å². The normalized spacial score (nSPS) is 14.9. The van der Waals surface area contributed by atoms with Crippen molar-refractivity contribution in [3.8, 4) is 0 Å². The van der Waals surface area contributed by atoms with Gasteiger partial charge in [0.15, 0.2) is 0 Å². The molecule has 132 valence electrons. The highest BCUT2D eigenvalue weighted by atomic mass is 19.1. The number of carbonyl (C=O) groups excluding carboxylic acids is 1. The Kier molecular flexibility index (Phi) is 5.99. The van der Waals surface area contributed by atoms with Crippen molar-refractivity contribution < 1.29 is 9.18 Å². The summed E-state index contributed by atoms with van der Waals surface area (Å²) in [6.07, 6.45) is 7.91. The highest BCUT2D eigenvalue weighted by molar-refractivity contribution is 5.93. The van der Waals surface area contributed by atoms with Gasteiger partial charge in [-0.25, -0.2) is 4.39 Å². The first kappa shape index (κ1) is 17.4. The van der Waals surface area contributed by atoms with Crippen molar-refractivity contribution in [1.82, 2.24) is 10.3 Å². The molecule has 0 aliphatic heterocycles. The van der Waals surface area contributed by atoms with Gasteiger partial charge in [0, 0.05) is 24.5 Å². The summed E-state index contributed by atoms with van der Waals surface area (Å²) in [7, 11) is 0. The van der Waals surface area contributed by atoms with Crippen LogP contribution in [0.2, 0.25) is 0 Å². The Morgan fingerprint density at radius 2 is 1.96 bits per heavy atom. The number of halogens is 1. The summed E-state index contributed by atoms with van der Waals surface area (Å²) in [5.41, 5.74) is 1.92. The molecule has 0 bridgehead atoms. The Hall–Kier alpha value is -2.43. The molecule has 1 aliphatic rings. The van der Waals surface area contributed by atoms with Crippen LogP contribution in [0.5, 0.6) is 0 Å². The fourth-order valence-electron chi connectivity index (χ4n) is 3.21. The molecule has 4 nitrogen and oxygen atoms in total. The molecule has 1 aromatic heterocycles. The van der Waals surface area contributed by atoms with E-state index in [1.165, 1.54) is 25.3 Å². The minimum Gasteiger partial charge on any atom is -0.385 e. The van der Waals surface area contributed by atoms with Gasteiger partial charge in [0.05, 0.1) is 0 Å². The van der Waals surface area contributed by atoms with E-state index < -0.39 is 0 Å². The van der Waals surface area contributed by atoms with Crippen LogP contribution >= 0.6 is 0 Å². The summed E-state index contributed by atoms with van der Waals surface area (Å²) in [6.45, 7) is 0.592. The first-order valence-corrected chi connectivity index (χ1v) is 8.96. The number of hydrogen-bond acceptors (Lipinski definition) is 3. The Bertz CT molecular complexity index is 714. The van der Waals surface area contributed by atoms with Crippen LogP contribution in [0.1, 0.15) is 48.2 Å². The second kappa shape index (κ2) is 8.60. The van der Waals surface area contributed by atoms with Crippen LogP contribution in [0.15, 0.2) is 42.6 Å². The number of aromatic nitrogens is 1. The van der Waals surface area contributed by atoms with Gasteiger partial charge in [-0.3, -0.25) is 9.78 Å². The van der Waals surface area contributed by atoms with Crippen molar-refractivity contribution >= 4 is 11.6 Å². The number of hydrogen-bond donors (Lipinski definition) is 2. The molecule has 0 spiro atoms. The summed E-state index contributed by atoms with van der Waals surface area (Å²) < 4.78 is 13.6. The van der Waals surface area contributed by atoms with E-state index in [0.29, 0.717) is 24.2 Å². The monoisotopic (exact) mass is 341 g/mol. The number of benzene rings is 1. The summed E-state index contributed by atoms with van der Waals surface area (Å²) in [5, 5.41) is 6.31. The lowest BCUT2D eigenvalue weighted by molar-refractivity contribution is 0.0922. The molecule has 0 radical (unpaired) electrons. The number of anilines is 1. The minimum absolute atomic E-state index is 0.121. The molecule has 1 fully saturated rings. The summed E-state index contributed by atoms with van der Waals surface area (Å²) in [4.78, 5) is 16.5. The third kappa shape index (κ3) is 5.02. The van der Waals surface area contributed by atoms with Crippen molar-refractivity contribution in [2.45, 2.75) is 44.6 Å². The molecule has 2 aromatic rings. The second-order valence-corrected chi connectivity index (χ2v) is 6.51. The molecule has 1 heterocycles. The fraction of sp³-hybridized carbons (Fsp3) is 0.400. The maximum Gasteiger partial charge on any atom is 0.270 e. The zero-order valence-electron chi connectivity index (χ0n) is 14.3. The number of carbonyl (C=O) groups is 1. The van der Waals surface area contributed by atoms with Crippen LogP contribution in [-0.2, 0) is 6.42 Å². The van der Waals surface area contributed by atoms with Gasteiger partial charge in [-0.2, -0.15) is 0 Å². The first-order valence-electron chi connectivity index (χ1n) is 8.96. The van der Waals surface area contributed by atoms with Gasteiger partial charge < -0.3 is 10.6 Å².